The van der Waals surface area contributed by atoms with Gasteiger partial charge in [0.25, 0.3) is 0 Å². The summed E-state index contributed by atoms with van der Waals surface area (Å²) >= 11 is 0. The van der Waals surface area contributed by atoms with Gasteiger partial charge in [0.15, 0.2) is 23.2 Å². The highest BCUT2D eigenvalue weighted by Gasteiger charge is 2.31. The maximum Gasteiger partial charge on any atom is 0.363 e. The summed E-state index contributed by atoms with van der Waals surface area (Å²) in [5.41, 5.74) is 2.07. The van der Waals surface area contributed by atoms with Crippen LogP contribution in [0.3, 0.4) is 0 Å². The maximum absolute atomic E-state index is 14.7. The lowest BCUT2D eigenvalue weighted by Gasteiger charge is -2.40. The molecule has 2 aliphatic heterocycles. The number of methoxy groups -OCH3 is 1. The number of aromatic nitrogens is 3. The molecule has 6 rings (SSSR count). The van der Waals surface area contributed by atoms with Crippen LogP contribution >= 0.6 is 0 Å². The Labute approximate surface area is 251 Å². The number of nitrogens with zero attached hydrogens (tertiary/aromatic N) is 6. The number of anilines is 1. The molecule has 0 radical (unpaired) electrons. The second-order valence-corrected chi connectivity index (χ2v) is 11.1. The van der Waals surface area contributed by atoms with E-state index in [0.717, 1.165) is 36.7 Å². The first-order valence-electron chi connectivity index (χ1n) is 14.5. The van der Waals surface area contributed by atoms with E-state index in [1.165, 1.54) is 12.3 Å². The van der Waals surface area contributed by atoms with Crippen molar-refractivity contribution in [2.75, 3.05) is 31.7 Å². The summed E-state index contributed by atoms with van der Waals surface area (Å²) in [6.45, 7) is 4.22. The van der Waals surface area contributed by atoms with Crippen LogP contribution in [0.15, 0.2) is 53.7 Å². The van der Waals surface area contributed by atoms with Crippen LogP contribution in [0.2, 0.25) is 0 Å². The van der Waals surface area contributed by atoms with Crippen molar-refractivity contribution >= 4 is 22.4 Å². The molecule has 0 aliphatic carbocycles. The molecule has 230 valence electrons. The smallest absolute Gasteiger partial charge is 0.363 e. The van der Waals surface area contributed by atoms with E-state index >= 15 is 0 Å². The van der Waals surface area contributed by atoms with Crippen molar-refractivity contribution in [1.82, 2.24) is 19.4 Å². The lowest BCUT2D eigenvalue weighted by molar-refractivity contribution is -0.389. The molecule has 2 atom stereocenters. The molecule has 0 unspecified atom stereocenters. The van der Waals surface area contributed by atoms with Crippen molar-refractivity contribution < 1.29 is 23.2 Å². The molecular weight excluding hydrogens is 574 g/mol. The molecule has 5 heterocycles. The molecule has 0 spiro atoms. The topological polar surface area (TPSA) is 116 Å². The number of ether oxygens (including phenoxy) is 2. The maximum atomic E-state index is 14.7. The molecule has 1 saturated heterocycles. The van der Waals surface area contributed by atoms with Gasteiger partial charge in [0.2, 0.25) is 11.7 Å². The molecule has 0 N–H and O–H groups in total. The molecule has 0 amide bonds. The largest absolute Gasteiger partial charge is 0.486 e. The van der Waals surface area contributed by atoms with Gasteiger partial charge in [-0.2, -0.15) is 4.39 Å². The zero-order valence-corrected chi connectivity index (χ0v) is 24.4. The number of hydrogen-bond donors (Lipinski definition) is 0. The van der Waals surface area contributed by atoms with Crippen LogP contribution in [0.25, 0.3) is 10.9 Å². The third-order valence-corrected chi connectivity index (χ3v) is 8.49. The van der Waals surface area contributed by atoms with Crippen LogP contribution in [-0.2, 0) is 13.1 Å². The lowest BCUT2D eigenvalue weighted by Crippen LogP contribution is -2.48. The number of piperidine rings is 1. The fourth-order valence-electron chi connectivity index (χ4n) is 6.18. The highest BCUT2D eigenvalue weighted by atomic mass is 19.2. The highest BCUT2D eigenvalue weighted by Crippen LogP contribution is 2.36. The van der Waals surface area contributed by atoms with Crippen molar-refractivity contribution in [1.29, 1.82) is 0 Å². The molecule has 1 aromatic carbocycles. The summed E-state index contributed by atoms with van der Waals surface area (Å²) in [7, 11) is 1.55. The fourth-order valence-corrected chi connectivity index (χ4v) is 6.18. The Hall–Kier alpha value is -4.65. The molecule has 3 aromatic heterocycles. The molecule has 13 heteroatoms. The molecule has 1 fully saturated rings. The number of nitro groups is 1. The van der Waals surface area contributed by atoms with E-state index in [9.17, 15) is 23.7 Å². The summed E-state index contributed by atoms with van der Waals surface area (Å²) in [6, 6.07) is 7.64. The van der Waals surface area contributed by atoms with Crippen LogP contribution in [0.5, 0.6) is 11.6 Å². The number of rotatable bonds is 9. The molecule has 0 bridgehead atoms. The molecular formula is C31H32F2N6O5. The van der Waals surface area contributed by atoms with Crippen molar-refractivity contribution in [2.45, 2.75) is 51.4 Å². The van der Waals surface area contributed by atoms with E-state index in [0.29, 0.717) is 31.0 Å². The van der Waals surface area contributed by atoms with Gasteiger partial charge in [0.05, 0.1) is 29.7 Å². The Morgan fingerprint density at radius 2 is 2.05 bits per heavy atom. The molecule has 4 aromatic rings. The lowest BCUT2D eigenvalue weighted by atomic mass is 10.0. The molecule has 0 saturated carbocycles. The fraction of sp³-hybridized carbons (Fsp3) is 0.387. The van der Waals surface area contributed by atoms with Gasteiger partial charge >= 0.3 is 5.82 Å². The minimum atomic E-state index is -1.12. The van der Waals surface area contributed by atoms with E-state index < -0.39 is 16.6 Å². The molecule has 2 aliphatic rings. The van der Waals surface area contributed by atoms with Gasteiger partial charge in [-0.3, -0.25) is 9.69 Å². The van der Waals surface area contributed by atoms with Crippen molar-refractivity contribution in [3.63, 3.8) is 0 Å². The van der Waals surface area contributed by atoms with Crippen LogP contribution in [0.4, 0.5) is 20.3 Å². The van der Waals surface area contributed by atoms with E-state index in [4.69, 9.17) is 9.47 Å². The summed E-state index contributed by atoms with van der Waals surface area (Å²) in [5.74, 6) is -2.19. The van der Waals surface area contributed by atoms with Gasteiger partial charge in [0.1, 0.15) is 6.61 Å². The van der Waals surface area contributed by atoms with Gasteiger partial charge in [-0.1, -0.05) is 6.92 Å². The Kier molecular flexibility index (Phi) is 8.13. The quantitative estimate of drug-likeness (QED) is 0.192. The minimum absolute atomic E-state index is 0.0135. The first-order chi connectivity index (χ1) is 21.3. The van der Waals surface area contributed by atoms with Crippen LogP contribution in [0.1, 0.15) is 43.4 Å². The van der Waals surface area contributed by atoms with Crippen molar-refractivity contribution in [3.05, 3.63) is 92.0 Å². The van der Waals surface area contributed by atoms with E-state index in [1.54, 1.807) is 25.6 Å². The zero-order chi connectivity index (χ0) is 31.0. The van der Waals surface area contributed by atoms with Crippen molar-refractivity contribution in [3.8, 4) is 11.6 Å². The number of hydrogen-bond acceptors (Lipinski definition) is 9. The van der Waals surface area contributed by atoms with Crippen LogP contribution in [-0.4, -0.2) is 57.2 Å². The predicted molar refractivity (Wildman–Crippen MR) is 159 cm³/mol. The summed E-state index contributed by atoms with van der Waals surface area (Å²) in [6.07, 6.45) is 7.32. The third-order valence-electron chi connectivity index (χ3n) is 8.49. The minimum Gasteiger partial charge on any atom is -0.486 e. The van der Waals surface area contributed by atoms with Gasteiger partial charge in [-0.05, 0) is 52.9 Å². The van der Waals surface area contributed by atoms with E-state index in [1.807, 2.05) is 23.6 Å². The Bertz CT molecular complexity index is 1770. The standard InChI is InChI=1S/C31H32F2N6O5/c1-3-21-18-44-31-28(33)25(32)12-24-29(31)38(21)16-20(30(24)40)15-37(14-19-8-9-34-27(11-19)43-2)23-5-4-10-36(17-23)22-6-7-26(35-13-22)39(41)42/h6-9,11-13,16,21,23H,3-5,10,14-15,17-18H2,1-2H3/t21-,23-/m0/s1. The van der Waals surface area contributed by atoms with Gasteiger partial charge in [0, 0.05) is 62.3 Å². The normalized spacial score (nSPS) is 18.0. The third kappa shape index (κ3) is 5.54. The zero-order valence-electron chi connectivity index (χ0n) is 24.4. The first-order valence-corrected chi connectivity index (χ1v) is 14.5. The average Bonchev–Trinajstić information content (AvgIpc) is 3.05. The monoisotopic (exact) mass is 606 g/mol. The Morgan fingerprint density at radius 1 is 1.20 bits per heavy atom. The van der Waals surface area contributed by atoms with E-state index in [-0.39, 0.29) is 53.1 Å². The molecule has 11 nitrogen and oxygen atoms in total. The average molecular weight is 607 g/mol. The van der Waals surface area contributed by atoms with Crippen LogP contribution in [0, 0.1) is 21.7 Å². The van der Waals surface area contributed by atoms with Crippen LogP contribution < -0.4 is 19.8 Å². The Morgan fingerprint density at radius 3 is 2.77 bits per heavy atom. The highest BCUT2D eigenvalue weighted by molar-refractivity contribution is 5.86. The van der Waals surface area contributed by atoms with Crippen molar-refractivity contribution in [2.24, 2.45) is 0 Å². The second kappa shape index (κ2) is 12.2. The number of halogens is 2. The predicted octanol–water partition coefficient (Wildman–Crippen LogP) is 5.00. The van der Waals surface area contributed by atoms with Gasteiger partial charge in [-0.25, -0.2) is 9.37 Å². The van der Waals surface area contributed by atoms with Gasteiger partial charge in [-0.15, -0.1) is 0 Å². The molecule has 44 heavy (non-hydrogen) atoms. The van der Waals surface area contributed by atoms with E-state index in [2.05, 4.69) is 19.8 Å². The SMILES string of the molecule is CC[C@H]1COc2c(F)c(F)cc3c(=O)c(CN(Cc4ccnc(OC)c4)[C@H]4CCCN(c5ccc([N+](=O)[O-])nc5)C4)cn1c23. The summed E-state index contributed by atoms with van der Waals surface area (Å²) in [4.78, 5) is 37.0. The Balaban J connectivity index is 1.39. The second-order valence-electron chi connectivity index (χ2n) is 11.1. The number of benzene rings is 1. The number of pyridine rings is 3. The summed E-state index contributed by atoms with van der Waals surface area (Å²) < 4.78 is 42.2. The van der Waals surface area contributed by atoms with Gasteiger partial charge < -0.3 is 29.1 Å². The summed E-state index contributed by atoms with van der Waals surface area (Å²) in [5, 5.41) is 11.2. The first kappa shape index (κ1) is 29.4.